The second kappa shape index (κ2) is 16.4. The van der Waals surface area contributed by atoms with Crippen molar-refractivity contribution < 1.29 is 0 Å². The fraction of sp³-hybridized carbons (Fsp3) is 0.0488. The van der Waals surface area contributed by atoms with E-state index in [2.05, 4.69) is 297 Å². The van der Waals surface area contributed by atoms with Gasteiger partial charge in [-0.1, -0.05) is 200 Å². The SMILES string of the molecule is c1ccc(-n2c3ccccc3c3c4c(ccc32)C2c3ccccc3C4c3c2ccc2c3c3ccccc3n2-c2cc(-n3c4ccccc4c4ccccc43)cc(-n3c4ccccc4c4c5c(ccc43)C3c4ccccc4C5c4ccccc43)c2)cc1. The lowest BCUT2D eigenvalue weighted by atomic mass is 9.59. The maximum Gasteiger partial charge on any atom is 0.0544 e. The molecule has 398 valence electrons. The van der Waals surface area contributed by atoms with E-state index in [4.69, 9.17) is 0 Å². The van der Waals surface area contributed by atoms with Crippen molar-refractivity contribution in [3.05, 3.63) is 346 Å². The lowest BCUT2D eigenvalue weighted by Gasteiger charge is -2.43. The van der Waals surface area contributed by atoms with Gasteiger partial charge in [0, 0.05) is 72.4 Å². The maximum absolute atomic E-state index is 2.60. The third kappa shape index (κ3) is 5.61. The van der Waals surface area contributed by atoms with Crippen LogP contribution in [-0.2, 0) is 0 Å². The molecule has 0 fully saturated rings. The van der Waals surface area contributed by atoms with E-state index in [0.29, 0.717) is 0 Å². The standard InChI is InChI=1S/C82H50N4/c1-2-20-47(21-3-1)83-67-35-17-12-30-59(67)77-70(83)41-39-63-74-55-26-6-9-29-58(55)79(81(63)77)82-64(74)40-43-72-78(82)61-32-14-19-37-69(61)86(72)50-45-48(84-65-33-15-10-22-51(65)52-23-11-16-34-66(52)84)44-49(46-50)85-68-36-18-13-31-60(68)76-71(85)42-38-62-73-53-24-4-7-27-56(53)75(80(62)76)57-28-8-5-25-54(57)73/h1-46,73-75,79H. The molecule has 0 radical (unpaired) electrons. The topological polar surface area (TPSA) is 19.7 Å². The zero-order valence-electron chi connectivity index (χ0n) is 46.7. The largest absolute Gasteiger partial charge is 0.309 e. The Hall–Kier alpha value is -10.9. The third-order valence-electron chi connectivity index (χ3n) is 20.6. The highest BCUT2D eigenvalue weighted by Crippen LogP contribution is 2.62. The summed E-state index contributed by atoms with van der Waals surface area (Å²) in [4.78, 5) is 0. The number of fused-ring (bicyclic) bond motifs is 12. The van der Waals surface area contributed by atoms with E-state index < -0.39 is 0 Å². The van der Waals surface area contributed by atoms with Crippen molar-refractivity contribution >= 4 is 87.2 Å². The Morgan fingerprint density at radius 1 is 0.174 bits per heavy atom. The third-order valence-corrected chi connectivity index (χ3v) is 20.6. The van der Waals surface area contributed by atoms with Crippen LogP contribution in [-0.4, -0.2) is 18.3 Å². The van der Waals surface area contributed by atoms with Crippen molar-refractivity contribution in [2.75, 3.05) is 0 Å². The predicted octanol–water partition coefficient (Wildman–Crippen LogP) is 20.0. The van der Waals surface area contributed by atoms with Gasteiger partial charge in [0.1, 0.15) is 0 Å². The van der Waals surface area contributed by atoms with Crippen LogP contribution in [0.1, 0.15) is 90.4 Å². The molecule has 4 nitrogen and oxygen atoms in total. The summed E-state index contributed by atoms with van der Waals surface area (Å²) in [6.07, 6.45) is 0. The van der Waals surface area contributed by atoms with E-state index in [0.717, 1.165) is 17.1 Å². The average molecular weight is 1090 g/mol. The van der Waals surface area contributed by atoms with Crippen LogP contribution in [0.3, 0.4) is 0 Å². The number of aromatic nitrogens is 4. The molecule has 2 atom stereocenters. The van der Waals surface area contributed by atoms with E-state index in [1.807, 2.05) is 0 Å². The predicted molar refractivity (Wildman–Crippen MR) is 353 cm³/mol. The van der Waals surface area contributed by atoms with Gasteiger partial charge < -0.3 is 18.3 Å². The van der Waals surface area contributed by atoms with Crippen LogP contribution in [0, 0.1) is 0 Å². The summed E-state index contributed by atoms with van der Waals surface area (Å²) < 4.78 is 10.2. The monoisotopic (exact) mass is 1090 g/mol. The van der Waals surface area contributed by atoms with Crippen LogP contribution in [0.15, 0.2) is 279 Å². The van der Waals surface area contributed by atoms with Crippen LogP contribution >= 0.6 is 0 Å². The Morgan fingerprint density at radius 3 is 0.837 bits per heavy atom. The molecular formula is C82H50N4. The number of para-hydroxylation sites is 6. The molecule has 4 aromatic heterocycles. The first-order chi connectivity index (χ1) is 42.7. The normalized spacial score (nSPS) is 16.8. The smallest absolute Gasteiger partial charge is 0.0544 e. The van der Waals surface area contributed by atoms with Gasteiger partial charge in [0.2, 0.25) is 0 Å². The molecule has 0 saturated heterocycles. The fourth-order valence-corrected chi connectivity index (χ4v) is 17.6. The molecule has 0 spiro atoms. The van der Waals surface area contributed by atoms with E-state index >= 15 is 0 Å². The minimum Gasteiger partial charge on any atom is -0.309 e. The second-order valence-electron chi connectivity index (χ2n) is 24.5. The number of hydrogen-bond acceptors (Lipinski definition) is 0. The van der Waals surface area contributed by atoms with Gasteiger partial charge >= 0.3 is 0 Å². The number of hydrogen-bond donors (Lipinski definition) is 0. The molecular weight excluding hydrogens is 1040 g/mol. The van der Waals surface area contributed by atoms with Crippen molar-refractivity contribution in [3.8, 4) is 22.7 Å². The van der Waals surface area contributed by atoms with Gasteiger partial charge in [0.25, 0.3) is 0 Å². The van der Waals surface area contributed by atoms with Gasteiger partial charge in [0.05, 0.1) is 61.2 Å². The van der Waals surface area contributed by atoms with Gasteiger partial charge in [0.15, 0.2) is 0 Å². The highest BCUT2D eigenvalue weighted by Gasteiger charge is 2.46. The first-order valence-electron chi connectivity index (χ1n) is 30.4. The fourth-order valence-electron chi connectivity index (χ4n) is 17.6. The van der Waals surface area contributed by atoms with Gasteiger partial charge in [-0.05, 0) is 146 Å². The molecule has 2 unspecified atom stereocenters. The minimum atomic E-state index is 0.000103. The number of benzene rings is 13. The van der Waals surface area contributed by atoms with Gasteiger partial charge in [-0.25, -0.2) is 0 Å². The Morgan fingerprint density at radius 2 is 0.442 bits per heavy atom. The molecule has 0 amide bonds. The van der Waals surface area contributed by atoms with Crippen LogP contribution < -0.4 is 0 Å². The van der Waals surface area contributed by atoms with E-state index in [9.17, 15) is 0 Å². The molecule has 0 N–H and O–H groups in total. The molecule has 0 aliphatic heterocycles. The molecule has 86 heavy (non-hydrogen) atoms. The maximum atomic E-state index is 2.60. The van der Waals surface area contributed by atoms with E-state index in [1.165, 1.54) is 160 Å². The summed E-state index contributed by atoms with van der Waals surface area (Å²) in [6, 6.07) is 106. The number of rotatable bonds is 4. The van der Waals surface area contributed by atoms with Crippen molar-refractivity contribution in [1.29, 1.82) is 0 Å². The Balaban J connectivity index is 0.862. The molecule has 4 heteroatoms. The first kappa shape index (κ1) is 45.6. The molecule has 23 rings (SSSR count). The van der Waals surface area contributed by atoms with Gasteiger partial charge in [-0.2, -0.15) is 0 Å². The Labute approximate surface area is 494 Å². The summed E-state index contributed by atoms with van der Waals surface area (Å²) in [5.41, 5.74) is 31.4. The van der Waals surface area contributed by atoms with Crippen LogP contribution in [0.25, 0.3) is 110 Å². The van der Waals surface area contributed by atoms with Crippen molar-refractivity contribution in [3.63, 3.8) is 0 Å². The summed E-state index contributed by atoms with van der Waals surface area (Å²) in [6.45, 7) is 0. The highest BCUT2D eigenvalue weighted by atomic mass is 15.0. The van der Waals surface area contributed by atoms with Crippen LogP contribution in [0.5, 0.6) is 0 Å². The minimum absolute atomic E-state index is 0.000103. The quantitative estimate of drug-likeness (QED) is 0.167. The zero-order valence-corrected chi connectivity index (χ0v) is 46.7. The van der Waals surface area contributed by atoms with E-state index in [1.54, 1.807) is 0 Å². The van der Waals surface area contributed by atoms with Crippen molar-refractivity contribution in [2.24, 2.45) is 0 Å². The lowest BCUT2D eigenvalue weighted by Crippen LogP contribution is -2.28. The highest BCUT2D eigenvalue weighted by molar-refractivity contribution is 6.17. The Kier molecular flexibility index (Phi) is 8.71. The molecule has 4 bridgehead atoms. The van der Waals surface area contributed by atoms with Gasteiger partial charge in [-0.3, -0.25) is 0 Å². The molecule has 6 aliphatic rings. The second-order valence-corrected chi connectivity index (χ2v) is 24.5. The lowest BCUT2D eigenvalue weighted by molar-refractivity contribution is 0.761. The van der Waals surface area contributed by atoms with Crippen molar-refractivity contribution in [2.45, 2.75) is 23.7 Å². The summed E-state index contributed by atoms with van der Waals surface area (Å²) in [7, 11) is 0. The number of nitrogens with zero attached hydrogens (tertiary/aromatic N) is 4. The first-order valence-corrected chi connectivity index (χ1v) is 30.4. The molecule has 0 saturated carbocycles. The Bertz CT molecular complexity index is 5780. The molecule has 4 heterocycles. The zero-order chi connectivity index (χ0) is 55.6. The average Bonchev–Trinajstić information content (AvgIpc) is 1.26. The van der Waals surface area contributed by atoms with Crippen molar-refractivity contribution in [1.82, 2.24) is 18.3 Å². The van der Waals surface area contributed by atoms with Gasteiger partial charge in [-0.15, -0.1) is 0 Å². The van der Waals surface area contributed by atoms with Crippen LogP contribution in [0.4, 0.5) is 0 Å². The summed E-state index contributed by atoms with van der Waals surface area (Å²) in [5.74, 6) is 0.388. The molecule has 13 aromatic carbocycles. The summed E-state index contributed by atoms with van der Waals surface area (Å²) in [5, 5.41) is 10.4. The van der Waals surface area contributed by atoms with Crippen LogP contribution in [0.2, 0.25) is 0 Å². The van der Waals surface area contributed by atoms with E-state index in [-0.39, 0.29) is 23.7 Å². The molecule has 6 aliphatic carbocycles. The molecule has 17 aromatic rings. The summed E-state index contributed by atoms with van der Waals surface area (Å²) >= 11 is 0.